The summed E-state index contributed by atoms with van der Waals surface area (Å²) < 4.78 is 0. The van der Waals surface area contributed by atoms with Gasteiger partial charge in [-0.15, -0.1) is 0 Å². The van der Waals surface area contributed by atoms with Crippen molar-refractivity contribution in [1.82, 2.24) is 35.5 Å². The Balaban J connectivity index is 1.12. The lowest BCUT2D eigenvalue weighted by Crippen LogP contribution is -2.02. The van der Waals surface area contributed by atoms with Gasteiger partial charge in [-0.1, -0.05) is 43.0 Å². The van der Waals surface area contributed by atoms with Crippen molar-refractivity contribution >= 4 is 22.2 Å². The molecule has 1 saturated heterocycles. The van der Waals surface area contributed by atoms with Crippen LogP contribution < -0.4 is 10.6 Å². The van der Waals surface area contributed by atoms with E-state index in [2.05, 4.69) is 73.7 Å². The summed E-state index contributed by atoms with van der Waals surface area (Å²) in [6.45, 7) is 4.21. The molecule has 42 heavy (non-hydrogen) atoms. The van der Waals surface area contributed by atoms with E-state index in [4.69, 9.17) is 10.1 Å². The SMILES string of the molecule is C=C(Cc1ccccc1)Nc1cncc(-c2cc3c(-c4cc5c([nH]4)C4NC4=CC=C5c4ccncc4)n[nH]c3cn2)c1. The molecule has 1 aromatic carbocycles. The maximum Gasteiger partial charge on any atom is 0.116 e. The Morgan fingerprint density at radius 2 is 1.79 bits per heavy atom. The molecule has 202 valence electrons. The maximum atomic E-state index is 4.72. The van der Waals surface area contributed by atoms with Crippen molar-refractivity contribution in [3.63, 3.8) is 0 Å². The molecular weight excluding hydrogens is 520 g/mol. The Kier molecular flexibility index (Phi) is 5.56. The van der Waals surface area contributed by atoms with Crippen molar-refractivity contribution in [2.24, 2.45) is 0 Å². The second-order valence-corrected chi connectivity index (χ2v) is 10.6. The number of pyridine rings is 3. The zero-order chi connectivity index (χ0) is 28.0. The number of aromatic nitrogens is 6. The monoisotopic (exact) mass is 546 g/mol. The van der Waals surface area contributed by atoms with Gasteiger partial charge in [0, 0.05) is 52.9 Å². The fourth-order valence-electron chi connectivity index (χ4n) is 5.61. The van der Waals surface area contributed by atoms with Crippen LogP contribution in [0, 0.1) is 0 Å². The molecule has 1 aliphatic heterocycles. The van der Waals surface area contributed by atoms with E-state index < -0.39 is 0 Å². The first-order valence-electron chi connectivity index (χ1n) is 13.8. The van der Waals surface area contributed by atoms with Crippen LogP contribution in [0.2, 0.25) is 0 Å². The first-order valence-corrected chi connectivity index (χ1v) is 13.8. The van der Waals surface area contributed by atoms with Crippen molar-refractivity contribution in [2.75, 3.05) is 5.32 Å². The summed E-state index contributed by atoms with van der Waals surface area (Å²) in [5, 5.41) is 15.7. The third kappa shape index (κ3) is 4.35. The fraction of sp³-hybridized carbons (Fsp3) is 0.0588. The summed E-state index contributed by atoms with van der Waals surface area (Å²) in [4.78, 5) is 17.1. The van der Waals surface area contributed by atoms with Gasteiger partial charge >= 0.3 is 0 Å². The number of hydrogen-bond donors (Lipinski definition) is 4. The molecule has 2 aliphatic rings. The molecule has 1 fully saturated rings. The van der Waals surface area contributed by atoms with Crippen LogP contribution in [0.25, 0.3) is 39.1 Å². The minimum atomic E-state index is 0.185. The van der Waals surface area contributed by atoms with Gasteiger partial charge in [0.2, 0.25) is 0 Å². The molecule has 1 atom stereocenters. The molecule has 0 amide bonds. The molecule has 5 aromatic heterocycles. The van der Waals surface area contributed by atoms with E-state index in [1.165, 1.54) is 11.3 Å². The lowest BCUT2D eigenvalue weighted by molar-refractivity contribution is 1.01. The number of H-pyrrole nitrogens is 2. The van der Waals surface area contributed by atoms with Gasteiger partial charge in [0.1, 0.15) is 11.7 Å². The number of nitrogens with zero attached hydrogens (tertiary/aromatic N) is 4. The third-order valence-electron chi connectivity index (χ3n) is 7.70. The van der Waals surface area contributed by atoms with Crippen LogP contribution in [-0.4, -0.2) is 30.1 Å². The van der Waals surface area contributed by atoms with E-state index in [0.29, 0.717) is 0 Å². The van der Waals surface area contributed by atoms with Crippen LogP contribution >= 0.6 is 0 Å². The van der Waals surface area contributed by atoms with E-state index in [-0.39, 0.29) is 6.04 Å². The van der Waals surface area contributed by atoms with E-state index in [9.17, 15) is 0 Å². The van der Waals surface area contributed by atoms with Gasteiger partial charge in [-0.3, -0.25) is 20.1 Å². The maximum absolute atomic E-state index is 4.72. The van der Waals surface area contributed by atoms with Crippen LogP contribution in [0.3, 0.4) is 0 Å². The van der Waals surface area contributed by atoms with Crippen molar-refractivity contribution < 1.29 is 0 Å². The van der Waals surface area contributed by atoms with Crippen LogP contribution in [0.1, 0.15) is 28.4 Å². The Hall–Kier alpha value is -5.76. The second kappa shape index (κ2) is 9.71. The molecule has 0 bridgehead atoms. The Morgan fingerprint density at radius 3 is 2.67 bits per heavy atom. The van der Waals surface area contributed by atoms with E-state index >= 15 is 0 Å². The van der Waals surface area contributed by atoms with Gasteiger partial charge in [-0.25, -0.2) is 0 Å². The number of hydrogen-bond acceptors (Lipinski definition) is 6. The van der Waals surface area contributed by atoms with Gasteiger partial charge in [-0.05, 0) is 53.1 Å². The van der Waals surface area contributed by atoms with Gasteiger partial charge in [0.05, 0.1) is 40.7 Å². The van der Waals surface area contributed by atoms with Crippen molar-refractivity contribution in [2.45, 2.75) is 12.5 Å². The van der Waals surface area contributed by atoms with Crippen molar-refractivity contribution in [1.29, 1.82) is 0 Å². The average Bonchev–Trinajstić information content (AvgIpc) is 3.51. The van der Waals surface area contributed by atoms with E-state index in [1.54, 1.807) is 6.20 Å². The molecule has 8 nitrogen and oxygen atoms in total. The molecule has 0 spiro atoms. The molecule has 8 rings (SSSR count). The fourth-order valence-corrected chi connectivity index (χ4v) is 5.61. The second-order valence-electron chi connectivity index (χ2n) is 10.6. The average molecular weight is 547 g/mol. The first-order chi connectivity index (χ1) is 20.7. The first kappa shape index (κ1) is 24.1. The summed E-state index contributed by atoms with van der Waals surface area (Å²) in [6, 6.07) is 20.9. The number of nitrogens with one attached hydrogen (secondary N) is 4. The highest BCUT2D eigenvalue weighted by molar-refractivity contribution is 5.95. The molecule has 6 heterocycles. The molecule has 8 heteroatoms. The third-order valence-corrected chi connectivity index (χ3v) is 7.70. The number of anilines is 1. The largest absolute Gasteiger partial charge is 0.373 e. The normalized spacial score (nSPS) is 15.1. The topological polar surface area (TPSA) is 117 Å². The predicted molar refractivity (Wildman–Crippen MR) is 165 cm³/mol. The zero-order valence-electron chi connectivity index (χ0n) is 22.6. The van der Waals surface area contributed by atoms with Gasteiger partial charge in [-0.2, -0.15) is 5.10 Å². The smallest absolute Gasteiger partial charge is 0.116 e. The van der Waals surface area contributed by atoms with Crippen LogP contribution in [0.15, 0.2) is 122 Å². The van der Waals surface area contributed by atoms with Gasteiger partial charge < -0.3 is 15.6 Å². The molecule has 4 N–H and O–H groups in total. The molecule has 6 aromatic rings. The number of fused-ring (bicyclic) bond motifs is 4. The summed E-state index contributed by atoms with van der Waals surface area (Å²) >= 11 is 0. The summed E-state index contributed by atoms with van der Waals surface area (Å²) in [6.07, 6.45) is 14.2. The molecule has 0 radical (unpaired) electrons. The number of benzene rings is 1. The molecular formula is C34H26N8. The highest BCUT2D eigenvalue weighted by Gasteiger charge is 2.36. The predicted octanol–water partition coefficient (Wildman–Crippen LogP) is 6.55. The quantitative estimate of drug-likeness (QED) is 0.169. The summed E-state index contributed by atoms with van der Waals surface area (Å²) in [5.74, 6) is 0. The lowest BCUT2D eigenvalue weighted by atomic mass is 9.98. The molecule has 1 unspecified atom stereocenters. The number of allylic oxidation sites excluding steroid dienone is 3. The van der Waals surface area contributed by atoms with Crippen molar-refractivity contribution in [3.8, 4) is 22.6 Å². The highest BCUT2D eigenvalue weighted by Crippen LogP contribution is 2.44. The van der Waals surface area contributed by atoms with Gasteiger partial charge in [0.15, 0.2) is 0 Å². The zero-order valence-corrected chi connectivity index (χ0v) is 22.6. The van der Waals surface area contributed by atoms with Crippen LogP contribution in [0.5, 0.6) is 0 Å². The minimum absolute atomic E-state index is 0.185. The summed E-state index contributed by atoms with van der Waals surface area (Å²) in [5.41, 5.74) is 13.1. The highest BCUT2D eigenvalue weighted by atomic mass is 15.2. The lowest BCUT2D eigenvalue weighted by Gasteiger charge is -2.11. The summed E-state index contributed by atoms with van der Waals surface area (Å²) in [7, 11) is 0. The van der Waals surface area contributed by atoms with Gasteiger partial charge in [0.25, 0.3) is 0 Å². The Bertz CT molecular complexity index is 2030. The van der Waals surface area contributed by atoms with Crippen LogP contribution in [-0.2, 0) is 6.42 Å². The van der Waals surface area contributed by atoms with Crippen molar-refractivity contribution in [3.05, 3.63) is 144 Å². The number of aromatic amines is 2. The van der Waals surface area contributed by atoms with Crippen LogP contribution in [0.4, 0.5) is 5.69 Å². The Labute approximate surface area is 242 Å². The number of rotatable bonds is 7. The standard InChI is InChI=1S/C34H26N8/c1-20(13-21-5-3-2-4-6-21)38-24-14-23(17-36-18-24)29-16-27-31(19-37-29)41-42-32(27)30-15-26-25(22-9-11-35-12-10-22)7-8-28-34(39-28)33(26)40-30/h2-12,14-19,34,38-40H,1,13H2,(H,41,42). The minimum Gasteiger partial charge on any atom is -0.373 e. The van der Waals surface area contributed by atoms with E-state index in [1.807, 2.05) is 61.2 Å². The van der Waals surface area contributed by atoms with E-state index in [0.717, 1.165) is 73.7 Å². The molecule has 1 aliphatic carbocycles. The Morgan fingerprint density at radius 1 is 0.905 bits per heavy atom. The molecule has 0 saturated carbocycles.